The van der Waals surface area contributed by atoms with Crippen molar-refractivity contribution >= 4 is 5.91 Å². The number of hydrogen-bond acceptors (Lipinski definition) is 2. The van der Waals surface area contributed by atoms with E-state index in [9.17, 15) is 4.79 Å². The molecule has 0 saturated heterocycles. The first-order chi connectivity index (χ1) is 8.70. The van der Waals surface area contributed by atoms with E-state index in [0.717, 1.165) is 11.5 Å². The first-order valence-electron chi connectivity index (χ1n) is 6.11. The fourth-order valence-electron chi connectivity index (χ4n) is 1.90. The molecular formula is C14H18N2O2. The molecule has 0 aliphatic carbocycles. The lowest BCUT2D eigenvalue weighted by Crippen LogP contribution is -2.29. The molecule has 0 aliphatic rings. The van der Waals surface area contributed by atoms with Crippen molar-refractivity contribution in [1.29, 1.82) is 0 Å². The van der Waals surface area contributed by atoms with E-state index in [1.54, 1.807) is 6.26 Å². The minimum absolute atomic E-state index is 0.132. The van der Waals surface area contributed by atoms with E-state index < -0.39 is 0 Å². The highest BCUT2D eigenvalue weighted by Crippen LogP contribution is 2.12. The molecule has 0 saturated carbocycles. The second-order valence-corrected chi connectivity index (χ2v) is 4.29. The number of rotatable bonds is 5. The summed E-state index contributed by atoms with van der Waals surface area (Å²) in [6.07, 6.45) is 4.12. The van der Waals surface area contributed by atoms with E-state index in [1.165, 1.54) is 0 Å². The first-order valence-corrected chi connectivity index (χ1v) is 6.11. The van der Waals surface area contributed by atoms with Gasteiger partial charge in [0.2, 0.25) is 5.91 Å². The van der Waals surface area contributed by atoms with Crippen LogP contribution in [-0.4, -0.2) is 15.4 Å². The summed E-state index contributed by atoms with van der Waals surface area (Å²) < 4.78 is 7.33. The van der Waals surface area contributed by atoms with Crippen LogP contribution in [-0.2, 0) is 24.9 Å². The van der Waals surface area contributed by atoms with Crippen molar-refractivity contribution in [3.8, 4) is 0 Å². The SMILES string of the molecule is CCC(=O)N(Cc1ccco1)Cc1cccn1C. The summed E-state index contributed by atoms with van der Waals surface area (Å²) in [4.78, 5) is 13.8. The highest BCUT2D eigenvalue weighted by Gasteiger charge is 2.15. The number of carbonyl (C=O) groups excluding carboxylic acids is 1. The Hall–Kier alpha value is -1.97. The maximum absolute atomic E-state index is 12.0. The number of furan rings is 1. The van der Waals surface area contributed by atoms with E-state index in [0.29, 0.717) is 19.5 Å². The molecule has 2 aromatic heterocycles. The van der Waals surface area contributed by atoms with E-state index in [2.05, 4.69) is 0 Å². The van der Waals surface area contributed by atoms with Gasteiger partial charge in [0, 0.05) is 25.4 Å². The zero-order chi connectivity index (χ0) is 13.0. The molecule has 4 heteroatoms. The van der Waals surface area contributed by atoms with Crippen LogP contribution in [0.15, 0.2) is 41.1 Å². The summed E-state index contributed by atoms with van der Waals surface area (Å²) >= 11 is 0. The molecule has 0 bridgehead atoms. The third-order valence-electron chi connectivity index (χ3n) is 2.99. The van der Waals surface area contributed by atoms with Gasteiger partial charge in [0.25, 0.3) is 0 Å². The summed E-state index contributed by atoms with van der Waals surface area (Å²) in [5.41, 5.74) is 1.11. The highest BCUT2D eigenvalue weighted by atomic mass is 16.3. The fourth-order valence-corrected chi connectivity index (χ4v) is 1.90. The fraction of sp³-hybridized carbons (Fsp3) is 0.357. The standard InChI is InChI=1S/C14H18N2O2/c1-3-14(17)16(11-13-7-5-9-18-13)10-12-6-4-8-15(12)2/h4-9H,3,10-11H2,1-2H3. The second-order valence-electron chi connectivity index (χ2n) is 4.29. The summed E-state index contributed by atoms with van der Waals surface area (Å²) in [7, 11) is 1.98. The maximum atomic E-state index is 12.0. The zero-order valence-corrected chi connectivity index (χ0v) is 10.8. The van der Waals surface area contributed by atoms with Gasteiger partial charge in [-0.15, -0.1) is 0 Å². The van der Waals surface area contributed by atoms with Gasteiger partial charge in [-0.3, -0.25) is 4.79 Å². The lowest BCUT2D eigenvalue weighted by atomic mass is 10.3. The average Bonchev–Trinajstić information content (AvgIpc) is 3.00. The first kappa shape index (κ1) is 12.5. The van der Waals surface area contributed by atoms with E-state index >= 15 is 0 Å². The molecule has 0 atom stereocenters. The topological polar surface area (TPSA) is 38.4 Å². The molecule has 0 unspecified atom stereocenters. The van der Waals surface area contributed by atoms with E-state index in [4.69, 9.17) is 4.42 Å². The van der Waals surface area contributed by atoms with Crippen molar-refractivity contribution in [2.45, 2.75) is 26.4 Å². The monoisotopic (exact) mass is 246 g/mol. The predicted octanol–water partition coefficient (Wildman–Crippen LogP) is 2.56. The Balaban J connectivity index is 2.10. The van der Waals surface area contributed by atoms with E-state index in [1.807, 2.05) is 53.9 Å². The highest BCUT2D eigenvalue weighted by molar-refractivity contribution is 5.75. The van der Waals surface area contributed by atoms with Gasteiger partial charge >= 0.3 is 0 Å². The molecule has 96 valence electrons. The summed E-state index contributed by atoms with van der Waals surface area (Å²) in [5, 5.41) is 0. The predicted molar refractivity (Wildman–Crippen MR) is 68.7 cm³/mol. The van der Waals surface area contributed by atoms with Gasteiger partial charge in [-0.1, -0.05) is 6.92 Å². The lowest BCUT2D eigenvalue weighted by molar-refractivity contribution is -0.132. The summed E-state index contributed by atoms with van der Waals surface area (Å²) in [5.74, 6) is 0.943. The molecule has 0 fully saturated rings. The van der Waals surface area contributed by atoms with Crippen LogP contribution in [0.5, 0.6) is 0 Å². The Bertz CT molecular complexity index is 500. The Morgan fingerprint density at radius 1 is 1.33 bits per heavy atom. The van der Waals surface area contributed by atoms with Crippen LogP contribution in [0.4, 0.5) is 0 Å². The number of nitrogens with zero attached hydrogens (tertiary/aromatic N) is 2. The van der Waals surface area contributed by atoms with Crippen LogP contribution < -0.4 is 0 Å². The molecule has 1 amide bonds. The average molecular weight is 246 g/mol. The second kappa shape index (κ2) is 5.58. The Labute approximate surface area is 107 Å². The molecule has 0 aromatic carbocycles. The molecule has 2 rings (SSSR count). The molecule has 0 N–H and O–H groups in total. The minimum atomic E-state index is 0.132. The van der Waals surface area contributed by atoms with E-state index in [-0.39, 0.29) is 5.91 Å². The van der Waals surface area contributed by atoms with Crippen LogP contribution in [0, 0.1) is 0 Å². The normalized spacial score (nSPS) is 10.6. The van der Waals surface area contributed by atoms with Gasteiger partial charge < -0.3 is 13.9 Å². The van der Waals surface area contributed by atoms with Crippen molar-refractivity contribution < 1.29 is 9.21 Å². The molecule has 0 aliphatic heterocycles. The van der Waals surface area contributed by atoms with Crippen molar-refractivity contribution in [3.63, 3.8) is 0 Å². The van der Waals surface area contributed by atoms with Gasteiger partial charge in [0.1, 0.15) is 5.76 Å². The molecule has 18 heavy (non-hydrogen) atoms. The third-order valence-corrected chi connectivity index (χ3v) is 2.99. The number of carbonyl (C=O) groups is 1. The zero-order valence-electron chi connectivity index (χ0n) is 10.8. The Morgan fingerprint density at radius 2 is 2.17 bits per heavy atom. The van der Waals surface area contributed by atoms with Gasteiger partial charge in [0.15, 0.2) is 0 Å². The Morgan fingerprint density at radius 3 is 2.72 bits per heavy atom. The molecule has 2 aromatic rings. The van der Waals surface area contributed by atoms with Gasteiger partial charge in [-0.25, -0.2) is 0 Å². The summed E-state index contributed by atoms with van der Waals surface area (Å²) in [6, 6.07) is 7.74. The van der Waals surface area contributed by atoms with Gasteiger partial charge in [-0.05, 0) is 24.3 Å². The molecular weight excluding hydrogens is 228 g/mol. The van der Waals surface area contributed by atoms with Crippen LogP contribution in [0.2, 0.25) is 0 Å². The number of amides is 1. The maximum Gasteiger partial charge on any atom is 0.223 e. The molecule has 0 spiro atoms. The van der Waals surface area contributed by atoms with Crippen molar-refractivity contribution in [3.05, 3.63) is 48.2 Å². The number of hydrogen-bond donors (Lipinski definition) is 0. The molecule has 4 nitrogen and oxygen atoms in total. The summed E-state index contributed by atoms with van der Waals surface area (Å²) in [6.45, 7) is 3.00. The largest absolute Gasteiger partial charge is 0.467 e. The van der Waals surface area contributed by atoms with Crippen LogP contribution >= 0.6 is 0 Å². The number of aryl methyl sites for hydroxylation is 1. The van der Waals surface area contributed by atoms with Crippen molar-refractivity contribution in [2.24, 2.45) is 7.05 Å². The lowest BCUT2D eigenvalue weighted by Gasteiger charge is -2.21. The van der Waals surface area contributed by atoms with Crippen LogP contribution in [0.1, 0.15) is 24.8 Å². The third kappa shape index (κ3) is 2.83. The number of aromatic nitrogens is 1. The van der Waals surface area contributed by atoms with Gasteiger partial charge in [-0.2, -0.15) is 0 Å². The van der Waals surface area contributed by atoms with Crippen molar-refractivity contribution in [1.82, 2.24) is 9.47 Å². The molecule has 0 radical (unpaired) electrons. The minimum Gasteiger partial charge on any atom is -0.467 e. The molecule has 2 heterocycles. The van der Waals surface area contributed by atoms with Crippen LogP contribution in [0.25, 0.3) is 0 Å². The van der Waals surface area contributed by atoms with Crippen LogP contribution in [0.3, 0.4) is 0 Å². The Kier molecular flexibility index (Phi) is 3.87. The van der Waals surface area contributed by atoms with Crippen molar-refractivity contribution in [2.75, 3.05) is 0 Å². The smallest absolute Gasteiger partial charge is 0.223 e. The quantitative estimate of drug-likeness (QED) is 0.813. The van der Waals surface area contributed by atoms with Gasteiger partial charge in [0.05, 0.1) is 19.4 Å².